The molecule has 0 radical (unpaired) electrons. The molecule has 0 aliphatic carbocycles. The van der Waals surface area contributed by atoms with Crippen molar-refractivity contribution in [3.8, 4) is 5.75 Å². The number of rotatable bonds is 9. The molecular weight excluding hydrogens is 342 g/mol. The average Bonchev–Trinajstić information content (AvgIpc) is 2.71. The van der Waals surface area contributed by atoms with Crippen LogP contribution >= 0.6 is 0 Å². The first-order valence-electron chi connectivity index (χ1n) is 8.97. The number of aromatic nitrogens is 1. The molecule has 142 valence electrons. The van der Waals surface area contributed by atoms with Gasteiger partial charge in [-0.15, -0.1) is 0 Å². The summed E-state index contributed by atoms with van der Waals surface area (Å²) in [4.78, 5) is 29.5. The quantitative estimate of drug-likeness (QED) is 0.692. The van der Waals surface area contributed by atoms with Gasteiger partial charge in [0.25, 0.3) is 5.91 Å². The molecule has 6 nitrogen and oxygen atoms in total. The van der Waals surface area contributed by atoms with E-state index in [-0.39, 0.29) is 18.4 Å². The standard InChI is InChI=1S/C21H25N3O3/c1-3-24(4-2)21(26)16-27-19-10-7-17(8-11-19)9-12-20(25)23-15-18-6-5-13-22-14-18/h5-14H,3-4,15-16H2,1-2H3,(H,23,25). The predicted molar refractivity (Wildman–Crippen MR) is 105 cm³/mol. The number of amides is 2. The topological polar surface area (TPSA) is 71.5 Å². The lowest BCUT2D eigenvalue weighted by Crippen LogP contribution is -2.34. The third-order valence-corrected chi connectivity index (χ3v) is 3.98. The summed E-state index contributed by atoms with van der Waals surface area (Å²) in [6.07, 6.45) is 6.62. The third kappa shape index (κ3) is 6.93. The first kappa shape index (κ1) is 20.2. The molecule has 0 saturated carbocycles. The first-order chi connectivity index (χ1) is 13.1. The number of hydrogen-bond acceptors (Lipinski definition) is 4. The highest BCUT2D eigenvalue weighted by atomic mass is 16.5. The fraction of sp³-hybridized carbons (Fsp3) is 0.286. The van der Waals surface area contributed by atoms with E-state index in [4.69, 9.17) is 4.74 Å². The second-order valence-electron chi connectivity index (χ2n) is 5.84. The van der Waals surface area contributed by atoms with Crippen LogP contribution in [0.25, 0.3) is 6.08 Å². The lowest BCUT2D eigenvalue weighted by molar-refractivity contribution is -0.133. The van der Waals surface area contributed by atoms with Gasteiger partial charge in [0.05, 0.1) is 0 Å². The summed E-state index contributed by atoms with van der Waals surface area (Å²) >= 11 is 0. The number of carbonyl (C=O) groups excluding carboxylic acids is 2. The minimum atomic E-state index is -0.177. The molecule has 0 atom stereocenters. The van der Waals surface area contributed by atoms with Crippen LogP contribution in [0.1, 0.15) is 25.0 Å². The van der Waals surface area contributed by atoms with E-state index in [0.29, 0.717) is 25.4 Å². The summed E-state index contributed by atoms with van der Waals surface area (Å²) < 4.78 is 5.52. The van der Waals surface area contributed by atoms with E-state index in [2.05, 4.69) is 10.3 Å². The van der Waals surface area contributed by atoms with Gasteiger partial charge < -0.3 is 15.0 Å². The molecule has 0 aliphatic rings. The second-order valence-corrected chi connectivity index (χ2v) is 5.84. The van der Waals surface area contributed by atoms with Crippen molar-refractivity contribution < 1.29 is 14.3 Å². The van der Waals surface area contributed by atoms with Crippen molar-refractivity contribution in [3.05, 3.63) is 66.0 Å². The number of nitrogens with zero attached hydrogens (tertiary/aromatic N) is 2. The van der Waals surface area contributed by atoms with Crippen LogP contribution in [-0.2, 0) is 16.1 Å². The van der Waals surface area contributed by atoms with Gasteiger partial charge in [-0.3, -0.25) is 14.6 Å². The van der Waals surface area contributed by atoms with Crippen LogP contribution in [0.5, 0.6) is 5.75 Å². The van der Waals surface area contributed by atoms with Crippen molar-refractivity contribution in [2.24, 2.45) is 0 Å². The Morgan fingerprint density at radius 1 is 1.15 bits per heavy atom. The Bertz CT molecular complexity index is 754. The monoisotopic (exact) mass is 367 g/mol. The van der Waals surface area contributed by atoms with Crippen LogP contribution in [0.3, 0.4) is 0 Å². The van der Waals surface area contributed by atoms with E-state index < -0.39 is 0 Å². The van der Waals surface area contributed by atoms with Gasteiger partial charge >= 0.3 is 0 Å². The minimum absolute atomic E-state index is 0.0214. The summed E-state index contributed by atoms with van der Waals surface area (Å²) in [5.74, 6) is 0.409. The number of pyridine rings is 1. The Hall–Kier alpha value is -3.15. The van der Waals surface area contributed by atoms with Gasteiger partial charge in [0, 0.05) is 38.1 Å². The summed E-state index contributed by atoms with van der Waals surface area (Å²) in [6.45, 7) is 5.68. The van der Waals surface area contributed by atoms with Gasteiger partial charge in [0.2, 0.25) is 5.91 Å². The molecule has 0 aliphatic heterocycles. The van der Waals surface area contributed by atoms with Crippen molar-refractivity contribution >= 4 is 17.9 Å². The molecule has 1 aromatic heterocycles. The van der Waals surface area contributed by atoms with E-state index in [9.17, 15) is 9.59 Å². The highest BCUT2D eigenvalue weighted by Crippen LogP contribution is 2.13. The van der Waals surface area contributed by atoms with Gasteiger partial charge in [0.1, 0.15) is 5.75 Å². The number of hydrogen-bond donors (Lipinski definition) is 1. The van der Waals surface area contributed by atoms with Gasteiger partial charge in [-0.1, -0.05) is 18.2 Å². The fourth-order valence-corrected chi connectivity index (χ4v) is 2.41. The number of benzene rings is 1. The van der Waals surface area contributed by atoms with Crippen molar-refractivity contribution in [2.45, 2.75) is 20.4 Å². The van der Waals surface area contributed by atoms with Crippen molar-refractivity contribution in [1.82, 2.24) is 15.2 Å². The molecule has 0 spiro atoms. The van der Waals surface area contributed by atoms with Crippen LogP contribution in [0.2, 0.25) is 0 Å². The number of ether oxygens (including phenoxy) is 1. The Kier molecular flexibility index (Phi) is 8.03. The summed E-state index contributed by atoms with van der Waals surface area (Å²) in [5.41, 5.74) is 1.81. The van der Waals surface area contributed by atoms with E-state index in [1.54, 1.807) is 35.5 Å². The van der Waals surface area contributed by atoms with Gasteiger partial charge in [-0.25, -0.2) is 0 Å². The Morgan fingerprint density at radius 2 is 1.89 bits per heavy atom. The molecule has 2 amide bonds. The second kappa shape index (κ2) is 10.8. The zero-order chi connectivity index (χ0) is 19.5. The van der Waals surface area contributed by atoms with Crippen LogP contribution in [0, 0.1) is 0 Å². The van der Waals surface area contributed by atoms with Crippen molar-refractivity contribution in [2.75, 3.05) is 19.7 Å². The minimum Gasteiger partial charge on any atom is -0.484 e. The van der Waals surface area contributed by atoms with E-state index in [0.717, 1.165) is 11.1 Å². The van der Waals surface area contributed by atoms with Crippen molar-refractivity contribution in [3.63, 3.8) is 0 Å². The maximum atomic E-state index is 11.9. The molecule has 0 unspecified atom stereocenters. The smallest absolute Gasteiger partial charge is 0.260 e. The third-order valence-electron chi connectivity index (χ3n) is 3.98. The maximum absolute atomic E-state index is 11.9. The van der Waals surface area contributed by atoms with E-state index in [1.165, 1.54) is 6.08 Å². The van der Waals surface area contributed by atoms with Crippen LogP contribution in [-0.4, -0.2) is 41.4 Å². The predicted octanol–water partition coefficient (Wildman–Crippen LogP) is 2.66. The molecule has 27 heavy (non-hydrogen) atoms. The van der Waals surface area contributed by atoms with Gasteiger partial charge in [-0.05, 0) is 49.2 Å². The van der Waals surface area contributed by atoms with Gasteiger partial charge in [0.15, 0.2) is 6.61 Å². The molecule has 1 N–H and O–H groups in total. The summed E-state index contributed by atoms with van der Waals surface area (Å²) in [5, 5.41) is 2.80. The first-order valence-corrected chi connectivity index (χ1v) is 8.97. The molecule has 1 heterocycles. The lowest BCUT2D eigenvalue weighted by atomic mass is 10.2. The fourth-order valence-electron chi connectivity index (χ4n) is 2.41. The van der Waals surface area contributed by atoms with E-state index in [1.807, 2.05) is 38.1 Å². The zero-order valence-corrected chi connectivity index (χ0v) is 15.7. The Balaban J connectivity index is 1.79. The Labute approximate surface area is 159 Å². The van der Waals surface area contributed by atoms with Crippen LogP contribution in [0.4, 0.5) is 0 Å². The lowest BCUT2D eigenvalue weighted by Gasteiger charge is -2.18. The molecular formula is C21H25N3O3. The van der Waals surface area contributed by atoms with Crippen molar-refractivity contribution in [1.29, 1.82) is 0 Å². The number of likely N-dealkylation sites (N-methyl/N-ethyl adjacent to an activating group) is 1. The summed E-state index contributed by atoms with van der Waals surface area (Å²) in [7, 11) is 0. The maximum Gasteiger partial charge on any atom is 0.260 e. The van der Waals surface area contributed by atoms with Gasteiger partial charge in [-0.2, -0.15) is 0 Å². The average molecular weight is 367 g/mol. The molecule has 2 rings (SSSR count). The van der Waals surface area contributed by atoms with E-state index >= 15 is 0 Å². The molecule has 6 heteroatoms. The highest BCUT2D eigenvalue weighted by Gasteiger charge is 2.09. The highest BCUT2D eigenvalue weighted by molar-refractivity contribution is 5.91. The number of carbonyl (C=O) groups is 2. The SMILES string of the molecule is CCN(CC)C(=O)COc1ccc(C=CC(=O)NCc2cccnc2)cc1. The normalized spacial score (nSPS) is 10.6. The Morgan fingerprint density at radius 3 is 2.52 bits per heavy atom. The molecule has 0 bridgehead atoms. The van der Waals surface area contributed by atoms with Crippen LogP contribution in [0.15, 0.2) is 54.9 Å². The zero-order valence-electron chi connectivity index (χ0n) is 15.7. The molecule has 2 aromatic rings. The molecule has 0 saturated heterocycles. The largest absolute Gasteiger partial charge is 0.484 e. The van der Waals surface area contributed by atoms with Crippen LogP contribution < -0.4 is 10.1 Å². The number of nitrogens with one attached hydrogen (secondary N) is 1. The molecule has 1 aromatic carbocycles. The summed E-state index contributed by atoms with van der Waals surface area (Å²) in [6, 6.07) is 11.0. The molecule has 0 fully saturated rings.